The van der Waals surface area contributed by atoms with Gasteiger partial charge in [-0.05, 0) is 34.7 Å². The molecule has 1 aromatic carbocycles. The van der Waals surface area contributed by atoms with Gasteiger partial charge in [-0.3, -0.25) is 14.8 Å². The Morgan fingerprint density at radius 1 is 1.13 bits per heavy atom. The molecule has 0 saturated carbocycles. The molecule has 4 aromatic rings. The van der Waals surface area contributed by atoms with Crippen molar-refractivity contribution in [2.75, 3.05) is 5.32 Å². The van der Waals surface area contributed by atoms with Crippen molar-refractivity contribution in [3.63, 3.8) is 0 Å². The summed E-state index contributed by atoms with van der Waals surface area (Å²) in [5.41, 5.74) is 0.561. The molecule has 160 valence electrons. The van der Waals surface area contributed by atoms with Gasteiger partial charge in [0.1, 0.15) is 6.33 Å². The molecule has 7 nitrogen and oxygen atoms in total. The Kier molecular flexibility index (Phi) is 5.79. The zero-order valence-corrected chi connectivity index (χ0v) is 17.2. The number of benzene rings is 1. The van der Waals surface area contributed by atoms with Crippen molar-refractivity contribution in [1.82, 2.24) is 24.5 Å². The standard InChI is InChI=1S/C19H14ClF3N6OS/c20-14-4-2-1-3-13(14)9-29-11-24-18(27-29)25-17(30)15-7-12(10-31-15)8-28-6-5-16(26-28)19(21,22)23/h1-7,10-11H,8-9H2,(H,25,27,30). The Balaban J connectivity index is 1.38. The molecular formula is C19H14ClF3N6OS. The summed E-state index contributed by atoms with van der Waals surface area (Å²) in [7, 11) is 0. The van der Waals surface area contributed by atoms with E-state index < -0.39 is 17.8 Å². The van der Waals surface area contributed by atoms with E-state index in [4.69, 9.17) is 11.6 Å². The molecule has 0 fully saturated rings. The fourth-order valence-electron chi connectivity index (χ4n) is 2.76. The van der Waals surface area contributed by atoms with Gasteiger partial charge in [0.25, 0.3) is 5.91 Å². The highest BCUT2D eigenvalue weighted by atomic mass is 35.5. The molecule has 1 N–H and O–H groups in total. The van der Waals surface area contributed by atoms with Crippen molar-refractivity contribution < 1.29 is 18.0 Å². The lowest BCUT2D eigenvalue weighted by molar-refractivity contribution is -0.141. The predicted octanol–water partition coefficient (Wildman–Crippen LogP) is 4.56. The Morgan fingerprint density at radius 2 is 1.94 bits per heavy atom. The predicted molar refractivity (Wildman–Crippen MR) is 109 cm³/mol. The van der Waals surface area contributed by atoms with Gasteiger partial charge in [-0.25, -0.2) is 9.67 Å². The second kappa shape index (κ2) is 8.52. The molecule has 0 atom stereocenters. The van der Waals surface area contributed by atoms with Crippen molar-refractivity contribution in [1.29, 1.82) is 0 Å². The van der Waals surface area contributed by atoms with E-state index in [2.05, 4.69) is 20.5 Å². The molecule has 4 rings (SSSR count). The highest BCUT2D eigenvalue weighted by Gasteiger charge is 2.33. The van der Waals surface area contributed by atoms with Crippen LogP contribution in [0.15, 0.2) is 54.3 Å². The van der Waals surface area contributed by atoms with Crippen LogP contribution in [0.2, 0.25) is 5.02 Å². The minimum atomic E-state index is -4.49. The molecular weight excluding hydrogens is 453 g/mol. The van der Waals surface area contributed by atoms with Gasteiger partial charge in [0.15, 0.2) is 5.69 Å². The summed E-state index contributed by atoms with van der Waals surface area (Å²) in [6.45, 7) is 0.514. The normalized spacial score (nSPS) is 11.6. The lowest BCUT2D eigenvalue weighted by Gasteiger charge is -2.03. The average molecular weight is 467 g/mol. The molecule has 3 aromatic heterocycles. The number of anilines is 1. The number of carbonyl (C=O) groups excluding carboxylic acids is 1. The molecule has 0 unspecified atom stereocenters. The first kappa shape index (κ1) is 21.1. The monoisotopic (exact) mass is 466 g/mol. The second-order valence-electron chi connectivity index (χ2n) is 6.53. The number of aromatic nitrogens is 5. The summed E-state index contributed by atoms with van der Waals surface area (Å²) in [6, 6.07) is 9.84. The molecule has 0 spiro atoms. The van der Waals surface area contributed by atoms with Crippen LogP contribution in [0.1, 0.15) is 26.5 Å². The summed E-state index contributed by atoms with van der Waals surface area (Å²) in [6.07, 6.45) is -1.77. The zero-order chi connectivity index (χ0) is 22.0. The summed E-state index contributed by atoms with van der Waals surface area (Å²) in [4.78, 5) is 16.9. The highest BCUT2D eigenvalue weighted by molar-refractivity contribution is 7.12. The lowest BCUT2D eigenvalue weighted by atomic mass is 10.2. The summed E-state index contributed by atoms with van der Waals surface area (Å²) >= 11 is 7.30. The molecule has 0 aliphatic rings. The van der Waals surface area contributed by atoms with Gasteiger partial charge in [0.05, 0.1) is 18.0 Å². The summed E-state index contributed by atoms with van der Waals surface area (Å²) in [5.74, 6) is -0.280. The lowest BCUT2D eigenvalue weighted by Crippen LogP contribution is -2.12. The van der Waals surface area contributed by atoms with E-state index in [1.807, 2.05) is 18.2 Å². The molecule has 0 radical (unpaired) electrons. The topological polar surface area (TPSA) is 77.6 Å². The fraction of sp³-hybridized carbons (Fsp3) is 0.158. The number of rotatable bonds is 6. The van der Waals surface area contributed by atoms with Crippen LogP contribution in [0.25, 0.3) is 0 Å². The number of hydrogen-bond acceptors (Lipinski definition) is 5. The minimum Gasteiger partial charge on any atom is -0.288 e. The Morgan fingerprint density at radius 3 is 2.68 bits per heavy atom. The van der Waals surface area contributed by atoms with E-state index in [9.17, 15) is 18.0 Å². The van der Waals surface area contributed by atoms with Gasteiger partial charge < -0.3 is 0 Å². The molecule has 0 bridgehead atoms. The molecule has 12 heteroatoms. The molecule has 0 aliphatic heterocycles. The van der Waals surface area contributed by atoms with E-state index >= 15 is 0 Å². The summed E-state index contributed by atoms with van der Waals surface area (Å²) < 4.78 is 40.7. The van der Waals surface area contributed by atoms with Gasteiger partial charge in [-0.15, -0.1) is 16.4 Å². The van der Waals surface area contributed by atoms with Crippen molar-refractivity contribution in [3.8, 4) is 0 Å². The Hall–Kier alpha value is -3.18. The average Bonchev–Trinajstić information content (AvgIpc) is 3.45. The fourth-order valence-corrected chi connectivity index (χ4v) is 3.75. The molecule has 31 heavy (non-hydrogen) atoms. The van der Waals surface area contributed by atoms with E-state index in [1.165, 1.54) is 17.2 Å². The van der Waals surface area contributed by atoms with E-state index in [-0.39, 0.29) is 12.5 Å². The second-order valence-corrected chi connectivity index (χ2v) is 7.85. The van der Waals surface area contributed by atoms with Gasteiger partial charge in [-0.1, -0.05) is 29.8 Å². The maximum absolute atomic E-state index is 12.7. The number of nitrogens with zero attached hydrogens (tertiary/aromatic N) is 5. The number of nitrogens with one attached hydrogen (secondary N) is 1. The number of thiophene rings is 1. The van der Waals surface area contributed by atoms with E-state index in [1.54, 1.807) is 22.2 Å². The molecule has 0 saturated heterocycles. The van der Waals surface area contributed by atoms with Gasteiger partial charge in [0.2, 0.25) is 5.95 Å². The largest absolute Gasteiger partial charge is 0.435 e. The Bertz CT molecular complexity index is 1220. The number of amides is 1. The SMILES string of the molecule is O=C(Nc1ncn(Cc2ccccc2Cl)n1)c1cc(Cn2ccc(C(F)(F)F)n2)cs1. The Labute approximate surface area is 183 Å². The molecule has 1 amide bonds. The van der Waals surface area contributed by atoms with Crippen LogP contribution in [0.3, 0.4) is 0 Å². The summed E-state index contributed by atoms with van der Waals surface area (Å²) in [5, 5.41) is 12.6. The number of halogens is 4. The smallest absolute Gasteiger partial charge is 0.288 e. The maximum atomic E-state index is 12.7. The van der Waals surface area contributed by atoms with Crippen molar-refractivity contribution in [2.24, 2.45) is 0 Å². The molecule has 0 aliphatic carbocycles. The number of alkyl halides is 3. The third kappa shape index (κ3) is 5.12. The van der Waals surface area contributed by atoms with Crippen molar-refractivity contribution in [2.45, 2.75) is 19.3 Å². The van der Waals surface area contributed by atoms with Gasteiger partial charge >= 0.3 is 6.18 Å². The van der Waals surface area contributed by atoms with Crippen LogP contribution in [0, 0.1) is 0 Å². The van der Waals surface area contributed by atoms with Crippen molar-refractivity contribution >= 4 is 34.8 Å². The first-order valence-corrected chi connectivity index (χ1v) is 10.2. The van der Waals surface area contributed by atoms with Crippen molar-refractivity contribution in [3.05, 3.63) is 81.0 Å². The number of carbonyl (C=O) groups is 1. The van der Waals surface area contributed by atoms with E-state index in [0.29, 0.717) is 22.0 Å². The number of hydrogen-bond donors (Lipinski definition) is 1. The molecule has 3 heterocycles. The van der Waals surface area contributed by atoms with Crippen LogP contribution < -0.4 is 5.32 Å². The third-order valence-electron chi connectivity index (χ3n) is 4.21. The highest BCUT2D eigenvalue weighted by Crippen LogP contribution is 2.27. The van der Waals surface area contributed by atoms with Gasteiger partial charge in [0, 0.05) is 11.2 Å². The van der Waals surface area contributed by atoms with Gasteiger partial charge in [-0.2, -0.15) is 18.3 Å². The first-order chi connectivity index (χ1) is 14.8. The van der Waals surface area contributed by atoms with E-state index in [0.717, 1.165) is 23.0 Å². The van der Waals surface area contributed by atoms with Crippen LogP contribution in [0.5, 0.6) is 0 Å². The van der Waals surface area contributed by atoms with Crippen LogP contribution in [-0.2, 0) is 19.3 Å². The minimum absolute atomic E-state index is 0.116. The maximum Gasteiger partial charge on any atom is 0.435 e. The quantitative estimate of drug-likeness (QED) is 0.452. The van der Waals surface area contributed by atoms with Crippen LogP contribution >= 0.6 is 22.9 Å². The first-order valence-electron chi connectivity index (χ1n) is 8.90. The van der Waals surface area contributed by atoms with Crippen LogP contribution in [0.4, 0.5) is 19.1 Å². The zero-order valence-electron chi connectivity index (χ0n) is 15.7. The third-order valence-corrected chi connectivity index (χ3v) is 5.55. The van der Waals surface area contributed by atoms with Crippen LogP contribution in [-0.4, -0.2) is 30.5 Å².